The molecule has 1 unspecified atom stereocenters. The zero-order valence-corrected chi connectivity index (χ0v) is 8.93. The molecule has 88 valence electrons. The van der Waals surface area contributed by atoms with E-state index in [1.54, 1.807) is 6.92 Å². The summed E-state index contributed by atoms with van der Waals surface area (Å²) in [5.74, 6) is -4.09. The molecule has 0 aliphatic carbocycles. The minimum Gasteiger partial charge on any atom is -0.388 e. The second-order valence-electron chi connectivity index (χ2n) is 3.81. The van der Waals surface area contributed by atoms with Gasteiger partial charge in [-0.05, 0) is 37.5 Å². The molecule has 0 fully saturated rings. The van der Waals surface area contributed by atoms with Crippen LogP contribution in [0.15, 0.2) is 24.3 Å². The molecule has 1 nitrogen and oxygen atoms in total. The molecule has 0 heterocycles. The van der Waals surface area contributed by atoms with Gasteiger partial charge in [0.2, 0.25) is 0 Å². The normalized spacial score (nSPS) is 12.6. The van der Waals surface area contributed by atoms with Crippen LogP contribution in [0.5, 0.6) is 0 Å². The number of rotatable bonds is 4. The Morgan fingerprint density at radius 2 is 1.81 bits per heavy atom. The third-order valence-corrected chi connectivity index (χ3v) is 2.24. The lowest BCUT2D eigenvalue weighted by Gasteiger charge is -2.11. The number of hydrogen-bond donors (Lipinski definition) is 1. The van der Waals surface area contributed by atoms with Crippen LogP contribution in [0.3, 0.4) is 0 Å². The van der Waals surface area contributed by atoms with E-state index in [1.807, 2.05) is 0 Å². The lowest BCUT2D eigenvalue weighted by atomic mass is 10.0. The second kappa shape index (κ2) is 5.16. The molecule has 1 N–H and O–H groups in total. The van der Waals surface area contributed by atoms with Crippen LogP contribution in [0, 0.1) is 17.5 Å². The standard InChI is InChI=1S/C12H13F3O/c1-7(2)3-4-11(16)8-5-9(13)12(15)10(14)6-8/h5-6,11,16H,1,3-4H2,2H3. The highest BCUT2D eigenvalue weighted by atomic mass is 19.2. The molecule has 0 radical (unpaired) electrons. The van der Waals surface area contributed by atoms with Gasteiger partial charge in [0.25, 0.3) is 0 Å². The summed E-state index contributed by atoms with van der Waals surface area (Å²) in [4.78, 5) is 0. The van der Waals surface area contributed by atoms with Gasteiger partial charge >= 0.3 is 0 Å². The summed E-state index contributed by atoms with van der Waals surface area (Å²) in [6.45, 7) is 5.44. The van der Waals surface area contributed by atoms with E-state index in [9.17, 15) is 18.3 Å². The number of benzene rings is 1. The quantitative estimate of drug-likeness (QED) is 0.620. The van der Waals surface area contributed by atoms with Crippen molar-refractivity contribution >= 4 is 0 Å². The lowest BCUT2D eigenvalue weighted by Crippen LogP contribution is -2.01. The van der Waals surface area contributed by atoms with E-state index in [4.69, 9.17) is 0 Å². The van der Waals surface area contributed by atoms with Crippen molar-refractivity contribution in [3.05, 3.63) is 47.3 Å². The predicted octanol–water partition coefficient (Wildman–Crippen LogP) is 3.49. The number of allylic oxidation sites excluding steroid dienone is 1. The van der Waals surface area contributed by atoms with Crippen LogP contribution in [-0.2, 0) is 0 Å². The molecule has 0 aromatic heterocycles. The first-order chi connectivity index (χ1) is 7.41. The summed E-state index contributed by atoms with van der Waals surface area (Å²) < 4.78 is 38.4. The first-order valence-corrected chi connectivity index (χ1v) is 4.88. The SMILES string of the molecule is C=C(C)CCC(O)c1cc(F)c(F)c(F)c1. The van der Waals surface area contributed by atoms with E-state index in [2.05, 4.69) is 6.58 Å². The molecule has 0 spiro atoms. The Kier molecular flexibility index (Phi) is 4.12. The monoisotopic (exact) mass is 230 g/mol. The third kappa shape index (κ3) is 3.10. The molecule has 0 amide bonds. The van der Waals surface area contributed by atoms with Gasteiger partial charge in [0.15, 0.2) is 17.5 Å². The van der Waals surface area contributed by atoms with Crippen molar-refractivity contribution in [1.82, 2.24) is 0 Å². The molecule has 1 atom stereocenters. The van der Waals surface area contributed by atoms with Gasteiger partial charge in [-0.25, -0.2) is 13.2 Å². The Balaban J connectivity index is 2.84. The van der Waals surface area contributed by atoms with Gasteiger partial charge in [0.1, 0.15) is 0 Å². The van der Waals surface area contributed by atoms with Gasteiger partial charge in [-0.3, -0.25) is 0 Å². The molecule has 0 bridgehead atoms. The van der Waals surface area contributed by atoms with Gasteiger partial charge in [0, 0.05) is 0 Å². The molecule has 0 saturated carbocycles. The maximum atomic E-state index is 12.9. The van der Waals surface area contributed by atoms with Crippen LogP contribution in [0.2, 0.25) is 0 Å². The summed E-state index contributed by atoms with van der Waals surface area (Å²) in [6.07, 6.45) is -0.164. The summed E-state index contributed by atoms with van der Waals surface area (Å²) >= 11 is 0. The molecule has 1 rings (SSSR count). The maximum absolute atomic E-state index is 12.9. The Morgan fingerprint density at radius 3 is 2.25 bits per heavy atom. The highest BCUT2D eigenvalue weighted by Crippen LogP contribution is 2.23. The van der Waals surface area contributed by atoms with Gasteiger partial charge in [-0.2, -0.15) is 0 Å². The van der Waals surface area contributed by atoms with E-state index >= 15 is 0 Å². The van der Waals surface area contributed by atoms with Gasteiger partial charge in [0.05, 0.1) is 6.10 Å². The van der Waals surface area contributed by atoms with E-state index in [1.165, 1.54) is 0 Å². The van der Waals surface area contributed by atoms with E-state index in [-0.39, 0.29) is 5.56 Å². The van der Waals surface area contributed by atoms with Crippen LogP contribution < -0.4 is 0 Å². The number of aliphatic hydroxyl groups excluding tert-OH is 1. The molecule has 1 aromatic rings. The van der Waals surface area contributed by atoms with E-state index < -0.39 is 23.6 Å². The molecular formula is C12H13F3O. The van der Waals surface area contributed by atoms with Crippen molar-refractivity contribution in [2.24, 2.45) is 0 Å². The van der Waals surface area contributed by atoms with Crippen molar-refractivity contribution < 1.29 is 18.3 Å². The molecule has 0 aliphatic rings. The smallest absolute Gasteiger partial charge is 0.194 e. The van der Waals surface area contributed by atoms with Gasteiger partial charge in [-0.1, -0.05) is 5.57 Å². The minimum atomic E-state index is -1.52. The number of halogens is 3. The van der Waals surface area contributed by atoms with Crippen molar-refractivity contribution in [3.63, 3.8) is 0 Å². The Bertz CT molecular complexity index is 378. The summed E-state index contributed by atoms with van der Waals surface area (Å²) in [6, 6.07) is 1.61. The first-order valence-electron chi connectivity index (χ1n) is 4.88. The fourth-order valence-electron chi connectivity index (χ4n) is 1.32. The summed E-state index contributed by atoms with van der Waals surface area (Å²) in [7, 11) is 0. The zero-order chi connectivity index (χ0) is 12.3. The fraction of sp³-hybridized carbons (Fsp3) is 0.333. The highest BCUT2D eigenvalue weighted by molar-refractivity contribution is 5.21. The van der Waals surface area contributed by atoms with Crippen molar-refractivity contribution in [1.29, 1.82) is 0 Å². The number of hydrogen-bond acceptors (Lipinski definition) is 1. The minimum absolute atomic E-state index is 0.0395. The fourth-order valence-corrected chi connectivity index (χ4v) is 1.32. The second-order valence-corrected chi connectivity index (χ2v) is 3.81. The Hall–Kier alpha value is -1.29. The predicted molar refractivity (Wildman–Crippen MR) is 55.3 cm³/mol. The largest absolute Gasteiger partial charge is 0.388 e. The van der Waals surface area contributed by atoms with Crippen LogP contribution in [0.4, 0.5) is 13.2 Å². The van der Waals surface area contributed by atoms with E-state index in [0.717, 1.165) is 17.7 Å². The maximum Gasteiger partial charge on any atom is 0.194 e. The first kappa shape index (κ1) is 12.8. The molecule has 0 saturated heterocycles. The average Bonchev–Trinajstić information content (AvgIpc) is 2.21. The summed E-state index contributed by atoms with van der Waals surface area (Å²) in [5.41, 5.74) is 0.903. The number of aliphatic hydroxyl groups is 1. The third-order valence-electron chi connectivity index (χ3n) is 2.24. The summed E-state index contributed by atoms with van der Waals surface area (Å²) in [5, 5.41) is 9.61. The van der Waals surface area contributed by atoms with E-state index in [0.29, 0.717) is 12.8 Å². The Labute approximate surface area is 92.2 Å². The van der Waals surface area contributed by atoms with Crippen LogP contribution in [-0.4, -0.2) is 5.11 Å². The molecular weight excluding hydrogens is 217 g/mol. The van der Waals surface area contributed by atoms with Crippen molar-refractivity contribution in [2.45, 2.75) is 25.9 Å². The average molecular weight is 230 g/mol. The van der Waals surface area contributed by atoms with Crippen LogP contribution in [0.1, 0.15) is 31.4 Å². The molecule has 1 aromatic carbocycles. The highest BCUT2D eigenvalue weighted by Gasteiger charge is 2.15. The molecule has 16 heavy (non-hydrogen) atoms. The van der Waals surface area contributed by atoms with Crippen molar-refractivity contribution in [2.75, 3.05) is 0 Å². The molecule has 0 aliphatic heterocycles. The van der Waals surface area contributed by atoms with Gasteiger partial charge < -0.3 is 5.11 Å². The Morgan fingerprint density at radius 1 is 1.31 bits per heavy atom. The van der Waals surface area contributed by atoms with Crippen LogP contribution >= 0.6 is 0 Å². The lowest BCUT2D eigenvalue weighted by molar-refractivity contribution is 0.166. The zero-order valence-electron chi connectivity index (χ0n) is 8.93. The topological polar surface area (TPSA) is 20.2 Å². The van der Waals surface area contributed by atoms with Crippen LogP contribution in [0.25, 0.3) is 0 Å². The van der Waals surface area contributed by atoms with Gasteiger partial charge in [-0.15, -0.1) is 6.58 Å². The van der Waals surface area contributed by atoms with Crippen molar-refractivity contribution in [3.8, 4) is 0 Å². The molecule has 4 heteroatoms.